The first-order chi connectivity index (χ1) is 2.73. The van der Waals surface area contributed by atoms with E-state index in [2.05, 4.69) is 20.8 Å². The Morgan fingerprint density at radius 3 is 1.50 bits per heavy atom. The van der Waals surface area contributed by atoms with Gasteiger partial charge in [-0.2, -0.15) is 5.92 Å². The van der Waals surface area contributed by atoms with Crippen molar-refractivity contribution in [3.63, 3.8) is 0 Å². The summed E-state index contributed by atoms with van der Waals surface area (Å²) >= 11 is 0.300. The second-order valence-corrected chi connectivity index (χ2v) is 1.39. The van der Waals surface area contributed by atoms with E-state index in [0.717, 1.165) is 0 Å². The molecule has 0 fully saturated rings. The summed E-state index contributed by atoms with van der Waals surface area (Å²) < 4.78 is 8.34. The van der Waals surface area contributed by atoms with E-state index in [-0.39, 0.29) is 0 Å². The van der Waals surface area contributed by atoms with E-state index in [9.17, 15) is 0 Å². The molecule has 2 heteroatoms. The molecule has 0 aromatic rings. The second kappa shape index (κ2) is 9.19. The van der Waals surface area contributed by atoms with Crippen LogP contribution in [0.3, 0.4) is 0 Å². The summed E-state index contributed by atoms with van der Waals surface area (Å²) in [4.78, 5) is 0. The summed E-state index contributed by atoms with van der Waals surface area (Å²) in [5.74, 6) is 0.583. The average molecular weight is 164 g/mol. The van der Waals surface area contributed by atoms with Crippen LogP contribution < -0.4 is 0 Å². The minimum absolute atomic E-state index is 0.300. The quantitative estimate of drug-likeness (QED) is 0.494. The standard InChI is InChI=1S/C4H9.O.Zr/c1-4(2)3;;/h4H,1H2,2-3H3;;/q-1;;. The van der Waals surface area contributed by atoms with Crippen molar-refractivity contribution >= 4 is 0 Å². The first kappa shape index (κ1) is 9.84. The molecule has 0 aliphatic rings. The predicted octanol–water partition coefficient (Wildman–Crippen LogP) is 1.36. The van der Waals surface area contributed by atoms with E-state index in [1.165, 1.54) is 0 Å². The van der Waals surface area contributed by atoms with Crippen molar-refractivity contribution < 1.29 is 27.5 Å². The summed E-state index contributed by atoms with van der Waals surface area (Å²) in [6.45, 7) is 7.75. The van der Waals surface area contributed by atoms with Gasteiger partial charge in [0.2, 0.25) is 0 Å². The maximum atomic E-state index is 8.34. The van der Waals surface area contributed by atoms with E-state index in [1.807, 2.05) is 0 Å². The zero-order valence-electron chi connectivity index (χ0n) is 4.19. The van der Waals surface area contributed by atoms with Crippen molar-refractivity contribution in [1.29, 1.82) is 0 Å². The molecule has 0 saturated heterocycles. The van der Waals surface area contributed by atoms with Crippen molar-refractivity contribution in [1.82, 2.24) is 0 Å². The fourth-order valence-corrected chi connectivity index (χ4v) is 0. The van der Waals surface area contributed by atoms with Gasteiger partial charge in [-0.25, -0.2) is 0 Å². The second-order valence-electron chi connectivity index (χ2n) is 1.39. The number of hydrogen-bond acceptors (Lipinski definition) is 1. The Bertz CT molecular complexity index is 18.8. The van der Waals surface area contributed by atoms with Gasteiger partial charge in [0.05, 0.1) is 0 Å². The zero-order chi connectivity index (χ0) is 5.58. The molecule has 1 nitrogen and oxygen atoms in total. The number of rotatable bonds is 0. The Kier molecular flexibility index (Phi) is 15.1. The molecule has 0 unspecified atom stereocenters. The molecule has 0 spiro atoms. The third-order valence-corrected chi connectivity index (χ3v) is 0. The maximum absolute atomic E-state index is 8.34. The van der Waals surface area contributed by atoms with E-state index >= 15 is 0 Å². The van der Waals surface area contributed by atoms with Crippen molar-refractivity contribution in [2.24, 2.45) is 5.92 Å². The van der Waals surface area contributed by atoms with Crippen LogP contribution in [0.25, 0.3) is 0 Å². The molecule has 0 saturated carbocycles. The Morgan fingerprint density at radius 1 is 1.50 bits per heavy atom. The van der Waals surface area contributed by atoms with E-state index in [0.29, 0.717) is 30.6 Å². The summed E-state index contributed by atoms with van der Waals surface area (Å²) in [7, 11) is 0. The molecule has 0 atom stereocenters. The van der Waals surface area contributed by atoms with Gasteiger partial charge in [0.15, 0.2) is 0 Å². The molecule has 0 heterocycles. The van der Waals surface area contributed by atoms with Gasteiger partial charge in [0, 0.05) is 0 Å². The van der Waals surface area contributed by atoms with Crippen molar-refractivity contribution in [2.75, 3.05) is 0 Å². The third-order valence-electron chi connectivity index (χ3n) is 0. The molecule has 0 aliphatic carbocycles. The van der Waals surface area contributed by atoms with Crippen molar-refractivity contribution in [3.8, 4) is 0 Å². The van der Waals surface area contributed by atoms with Crippen LogP contribution in [0.4, 0.5) is 0 Å². The Balaban J connectivity index is 0. The van der Waals surface area contributed by atoms with Crippen LogP contribution in [0.1, 0.15) is 13.8 Å². The summed E-state index contributed by atoms with van der Waals surface area (Å²) in [5.41, 5.74) is 0. The molecule has 0 rings (SSSR count). The molecule has 0 radical (unpaired) electrons. The number of hydrogen-bond donors (Lipinski definition) is 0. The molecular formula is C4H9OZr-. The molecule has 6 heavy (non-hydrogen) atoms. The molecule has 0 aliphatic heterocycles. The fourth-order valence-electron chi connectivity index (χ4n) is 0. The SMILES string of the molecule is [CH2-]C(C)C.[O]=[Zr]. The van der Waals surface area contributed by atoms with Gasteiger partial charge in [-0.05, 0) is 0 Å². The van der Waals surface area contributed by atoms with E-state index in [4.69, 9.17) is 2.81 Å². The van der Waals surface area contributed by atoms with Crippen molar-refractivity contribution in [3.05, 3.63) is 6.92 Å². The molecule has 0 aromatic heterocycles. The predicted molar refractivity (Wildman–Crippen MR) is 20.9 cm³/mol. The van der Waals surface area contributed by atoms with Crippen LogP contribution in [0.15, 0.2) is 0 Å². The van der Waals surface area contributed by atoms with Crippen LogP contribution in [0.2, 0.25) is 0 Å². The zero-order valence-corrected chi connectivity index (χ0v) is 6.65. The molecule has 0 N–H and O–H groups in total. The van der Waals surface area contributed by atoms with Crippen LogP contribution in [0.5, 0.6) is 0 Å². The molecule has 0 bridgehead atoms. The summed E-state index contributed by atoms with van der Waals surface area (Å²) in [6, 6.07) is 0. The summed E-state index contributed by atoms with van der Waals surface area (Å²) in [5, 5.41) is 0. The monoisotopic (exact) mass is 163 g/mol. The van der Waals surface area contributed by atoms with Gasteiger partial charge in [-0.15, -0.1) is 0 Å². The van der Waals surface area contributed by atoms with Crippen LogP contribution in [-0.4, -0.2) is 0 Å². The third kappa shape index (κ3) is 136. The van der Waals surface area contributed by atoms with Crippen LogP contribution >= 0.6 is 0 Å². The normalized spacial score (nSPS) is 6.50. The first-order valence-corrected chi connectivity index (χ1v) is 2.77. The van der Waals surface area contributed by atoms with E-state index in [1.54, 1.807) is 0 Å². The van der Waals surface area contributed by atoms with Gasteiger partial charge in [0.1, 0.15) is 0 Å². The molecular weight excluding hydrogens is 155 g/mol. The minimum atomic E-state index is 0.300. The first-order valence-electron chi connectivity index (χ1n) is 1.77. The molecule has 36 valence electrons. The molecule has 0 aromatic carbocycles. The van der Waals surface area contributed by atoms with Gasteiger partial charge >= 0.3 is 27.5 Å². The topological polar surface area (TPSA) is 17.1 Å². The van der Waals surface area contributed by atoms with Crippen molar-refractivity contribution in [2.45, 2.75) is 13.8 Å². The van der Waals surface area contributed by atoms with Gasteiger partial charge < -0.3 is 6.92 Å². The van der Waals surface area contributed by atoms with Gasteiger partial charge in [-0.1, -0.05) is 13.8 Å². The Labute approximate surface area is 54.4 Å². The van der Waals surface area contributed by atoms with Crippen LogP contribution in [-0.2, 0) is 27.5 Å². The van der Waals surface area contributed by atoms with Gasteiger partial charge in [-0.3, -0.25) is 0 Å². The fraction of sp³-hybridized carbons (Fsp3) is 0.750. The Morgan fingerprint density at radius 2 is 1.50 bits per heavy atom. The Hall–Kier alpha value is 0.683. The summed E-state index contributed by atoms with van der Waals surface area (Å²) in [6.07, 6.45) is 0. The van der Waals surface area contributed by atoms with E-state index < -0.39 is 0 Å². The van der Waals surface area contributed by atoms with Gasteiger partial charge in [0.25, 0.3) is 0 Å². The molecule has 0 amide bonds. The average Bonchev–Trinajstić information content (AvgIpc) is 1.41. The van der Waals surface area contributed by atoms with Crippen LogP contribution in [0, 0.1) is 12.8 Å².